The molecule has 110 valence electrons. The van der Waals surface area contributed by atoms with Gasteiger partial charge >= 0.3 is 5.76 Å². The van der Waals surface area contributed by atoms with Crippen LogP contribution in [0.5, 0.6) is 0 Å². The van der Waals surface area contributed by atoms with Gasteiger partial charge in [0, 0.05) is 18.8 Å². The highest BCUT2D eigenvalue weighted by Gasteiger charge is 2.50. The van der Waals surface area contributed by atoms with Gasteiger partial charge in [-0.05, 0) is 43.0 Å². The first kappa shape index (κ1) is 13.8. The predicted molar refractivity (Wildman–Crippen MR) is 71.5 cm³/mol. The van der Waals surface area contributed by atoms with Crippen LogP contribution < -0.4 is 10.6 Å². The topological polar surface area (TPSA) is 63.4 Å². The lowest BCUT2D eigenvalue weighted by Gasteiger charge is -2.49. The number of rotatable bonds is 4. The second-order valence-electron chi connectivity index (χ2n) is 5.66. The minimum Gasteiger partial charge on any atom is -0.368 e. The number of hydrogen-bond acceptors (Lipinski definition) is 4. The van der Waals surface area contributed by atoms with Crippen LogP contribution in [-0.4, -0.2) is 32.8 Å². The Morgan fingerprint density at radius 1 is 1.20 bits per heavy atom. The summed E-state index contributed by atoms with van der Waals surface area (Å²) in [5.74, 6) is -2.79. The number of anilines is 1. The number of halogens is 2. The highest BCUT2D eigenvalue weighted by atomic mass is 32.2. The summed E-state index contributed by atoms with van der Waals surface area (Å²) < 4.78 is 47.5. The number of hydrogen-bond donors (Lipinski definition) is 1. The zero-order valence-corrected chi connectivity index (χ0v) is 11.6. The Hall–Kier alpha value is -1.21. The van der Waals surface area contributed by atoms with Gasteiger partial charge in [0.15, 0.2) is 0 Å². The number of sulfone groups is 1. The SMILES string of the molecule is NC1(C2CC2)CN(c2ccc(S(=O)(=O)C(F)F)cc2)C1. The number of benzene rings is 1. The Kier molecular flexibility index (Phi) is 3.02. The van der Waals surface area contributed by atoms with Crippen LogP contribution in [-0.2, 0) is 9.84 Å². The molecule has 1 aliphatic heterocycles. The zero-order chi connectivity index (χ0) is 14.5. The van der Waals surface area contributed by atoms with Crippen molar-refractivity contribution in [2.75, 3.05) is 18.0 Å². The van der Waals surface area contributed by atoms with Gasteiger partial charge in [-0.25, -0.2) is 8.42 Å². The average molecular weight is 302 g/mol. The Balaban J connectivity index is 1.72. The molecule has 20 heavy (non-hydrogen) atoms. The molecule has 0 bridgehead atoms. The molecule has 0 aromatic heterocycles. The van der Waals surface area contributed by atoms with Gasteiger partial charge in [-0.15, -0.1) is 0 Å². The van der Waals surface area contributed by atoms with Crippen molar-refractivity contribution in [3.8, 4) is 0 Å². The summed E-state index contributed by atoms with van der Waals surface area (Å²) in [6.07, 6.45) is 2.35. The lowest BCUT2D eigenvalue weighted by molar-refractivity contribution is 0.234. The predicted octanol–water partition coefficient (Wildman–Crippen LogP) is 1.61. The van der Waals surface area contributed by atoms with Crippen molar-refractivity contribution in [3.63, 3.8) is 0 Å². The lowest BCUT2D eigenvalue weighted by atomic mass is 9.85. The second-order valence-corrected chi connectivity index (χ2v) is 7.58. The van der Waals surface area contributed by atoms with E-state index in [9.17, 15) is 17.2 Å². The Bertz CT molecular complexity index is 606. The van der Waals surface area contributed by atoms with E-state index in [1.54, 1.807) is 12.1 Å². The van der Waals surface area contributed by atoms with E-state index in [0.717, 1.165) is 18.8 Å². The minimum atomic E-state index is -4.51. The molecule has 0 unspecified atom stereocenters. The summed E-state index contributed by atoms with van der Waals surface area (Å²) in [5.41, 5.74) is 6.93. The van der Waals surface area contributed by atoms with Crippen molar-refractivity contribution in [2.24, 2.45) is 11.7 Å². The highest BCUT2D eigenvalue weighted by molar-refractivity contribution is 7.91. The maximum Gasteiger partial charge on any atom is 0.341 e. The molecule has 1 saturated carbocycles. The molecule has 1 aromatic carbocycles. The minimum absolute atomic E-state index is 0.131. The third-order valence-electron chi connectivity index (χ3n) is 4.13. The van der Waals surface area contributed by atoms with Crippen molar-refractivity contribution < 1.29 is 17.2 Å². The molecule has 2 fully saturated rings. The van der Waals surface area contributed by atoms with E-state index in [2.05, 4.69) is 0 Å². The van der Waals surface area contributed by atoms with Crippen LogP contribution in [0.4, 0.5) is 14.5 Å². The summed E-state index contributed by atoms with van der Waals surface area (Å²) in [6.45, 7) is 1.47. The standard InChI is InChI=1S/C13H16F2N2O2S/c14-12(15)20(18,19)11-5-3-10(4-6-11)17-7-13(16,8-17)9-1-2-9/h3-6,9,12H,1-2,7-8,16H2. The maximum atomic E-state index is 12.4. The molecule has 1 heterocycles. The fraction of sp³-hybridized carbons (Fsp3) is 0.538. The first-order valence-electron chi connectivity index (χ1n) is 6.49. The van der Waals surface area contributed by atoms with E-state index in [1.807, 2.05) is 4.90 Å². The van der Waals surface area contributed by atoms with Gasteiger partial charge in [0.1, 0.15) is 0 Å². The molecule has 4 nitrogen and oxygen atoms in total. The lowest BCUT2D eigenvalue weighted by Crippen LogP contribution is -2.69. The van der Waals surface area contributed by atoms with Crippen molar-refractivity contribution >= 4 is 15.5 Å². The van der Waals surface area contributed by atoms with Crippen molar-refractivity contribution in [1.82, 2.24) is 0 Å². The molecule has 7 heteroatoms. The van der Waals surface area contributed by atoms with E-state index >= 15 is 0 Å². The number of nitrogens with zero attached hydrogens (tertiary/aromatic N) is 1. The first-order chi connectivity index (χ1) is 9.33. The van der Waals surface area contributed by atoms with Gasteiger partial charge in [0.05, 0.1) is 10.4 Å². The third-order valence-corrected chi connectivity index (χ3v) is 5.52. The molecule has 0 spiro atoms. The highest BCUT2D eigenvalue weighted by Crippen LogP contribution is 2.44. The first-order valence-corrected chi connectivity index (χ1v) is 8.03. The fourth-order valence-corrected chi connectivity index (χ4v) is 3.43. The molecule has 0 radical (unpaired) electrons. The van der Waals surface area contributed by atoms with Crippen LogP contribution in [0.15, 0.2) is 29.2 Å². The van der Waals surface area contributed by atoms with Gasteiger partial charge in [-0.3, -0.25) is 0 Å². The largest absolute Gasteiger partial charge is 0.368 e. The summed E-state index contributed by atoms with van der Waals surface area (Å²) in [4.78, 5) is 1.69. The van der Waals surface area contributed by atoms with Crippen LogP contribution >= 0.6 is 0 Å². The van der Waals surface area contributed by atoms with E-state index in [4.69, 9.17) is 5.73 Å². The summed E-state index contributed by atoms with van der Waals surface area (Å²) in [7, 11) is -4.51. The van der Waals surface area contributed by atoms with Crippen LogP contribution in [0.3, 0.4) is 0 Å². The summed E-state index contributed by atoms with van der Waals surface area (Å²) in [5, 5.41) is 0. The van der Waals surface area contributed by atoms with E-state index in [1.165, 1.54) is 25.0 Å². The quantitative estimate of drug-likeness (QED) is 0.918. The fourth-order valence-electron chi connectivity index (χ4n) is 2.71. The molecule has 2 aliphatic rings. The monoisotopic (exact) mass is 302 g/mol. The Morgan fingerprint density at radius 2 is 1.75 bits per heavy atom. The maximum absolute atomic E-state index is 12.4. The molecule has 0 atom stereocenters. The van der Waals surface area contributed by atoms with Gasteiger partial charge < -0.3 is 10.6 Å². The zero-order valence-electron chi connectivity index (χ0n) is 10.8. The van der Waals surface area contributed by atoms with Gasteiger partial charge in [-0.2, -0.15) is 8.78 Å². The third kappa shape index (κ3) is 2.18. The Labute approximate surface area is 116 Å². The molecule has 0 amide bonds. The number of alkyl halides is 2. The van der Waals surface area contributed by atoms with Crippen LogP contribution in [0.2, 0.25) is 0 Å². The van der Waals surface area contributed by atoms with Crippen LogP contribution in [0, 0.1) is 5.92 Å². The summed E-state index contributed by atoms with van der Waals surface area (Å²) in [6, 6.07) is 5.57. The number of nitrogens with two attached hydrogens (primary N) is 1. The molecule has 3 rings (SSSR count). The van der Waals surface area contributed by atoms with Gasteiger partial charge in [-0.1, -0.05) is 0 Å². The molecule has 1 saturated heterocycles. The average Bonchev–Trinajstić information content (AvgIpc) is 3.19. The normalized spacial score (nSPS) is 21.9. The van der Waals surface area contributed by atoms with E-state index in [0.29, 0.717) is 5.92 Å². The van der Waals surface area contributed by atoms with Gasteiger partial charge in [0.25, 0.3) is 0 Å². The molecule has 1 aliphatic carbocycles. The molecule has 2 N–H and O–H groups in total. The molecular weight excluding hydrogens is 286 g/mol. The van der Waals surface area contributed by atoms with Crippen molar-refractivity contribution in [1.29, 1.82) is 0 Å². The van der Waals surface area contributed by atoms with Crippen LogP contribution in [0.1, 0.15) is 12.8 Å². The second kappa shape index (κ2) is 4.39. The van der Waals surface area contributed by atoms with Crippen LogP contribution in [0.25, 0.3) is 0 Å². The molecular formula is C13H16F2N2O2S. The van der Waals surface area contributed by atoms with Gasteiger partial charge in [0.2, 0.25) is 9.84 Å². The van der Waals surface area contributed by atoms with Crippen molar-refractivity contribution in [2.45, 2.75) is 29.0 Å². The van der Waals surface area contributed by atoms with E-state index in [-0.39, 0.29) is 10.4 Å². The summed E-state index contributed by atoms with van der Waals surface area (Å²) >= 11 is 0. The smallest absolute Gasteiger partial charge is 0.341 e. The molecule has 1 aromatic rings. The Morgan fingerprint density at radius 3 is 2.20 bits per heavy atom. The van der Waals surface area contributed by atoms with E-state index < -0.39 is 15.6 Å². The van der Waals surface area contributed by atoms with Crippen molar-refractivity contribution in [3.05, 3.63) is 24.3 Å².